The Kier molecular flexibility index (Phi) is 4.55. The molecule has 6 nitrogen and oxygen atoms in total. The summed E-state index contributed by atoms with van der Waals surface area (Å²) in [7, 11) is 2.11. The molecule has 0 amide bonds. The Morgan fingerprint density at radius 3 is 2.95 bits per heavy atom. The van der Waals surface area contributed by atoms with Gasteiger partial charge in [-0.3, -0.25) is 0 Å². The number of anilines is 1. The van der Waals surface area contributed by atoms with Gasteiger partial charge in [0.05, 0.1) is 12.1 Å². The van der Waals surface area contributed by atoms with Gasteiger partial charge < -0.3 is 20.3 Å². The van der Waals surface area contributed by atoms with E-state index in [1.807, 2.05) is 13.8 Å². The molecule has 2 rings (SSSR count). The van der Waals surface area contributed by atoms with Gasteiger partial charge in [-0.2, -0.15) is 4.98 Å². The Labute approximate surface area is 114 Å². The Morgan fingerprint density at radius 1 is 1.47 bits per heavy atom. The highest BCUT2D eigenvalue weighted by atomic mass is 16.5. The summed E-state index contributed by atoms with van der Waals surface area (Å²) in [5.41, 5.74) is 5.86. The molecule has 2 N–H and O–H groups in total. The van der Waals surface area contributed by atoms with Gasteiger partial charge in [-0.1, -0.05) is 0 Å². The maximum absolute atomic E-state index is 5.86. The van der Waals surface area contributed by atoms with Crippen molar-refractivity contribution in [1.82, 2.24) is 14.9 Å². The molecule has 0 aliphatic carbocycles. The number of rotatable bonds is 4. The highest BCUT2D eigenvalue weighted by molar-refractivity contribution is 5.35. The molecule has 2 heterocycles. The third-order valence-electron chi connectivity index (χ3n) is 3.19. The fourth-order valence-electron chi connectivity index (χ4n) is 2.25. The highest BCUT2D eigenvalue weighted by Gasteiger charge is 2.26. The normalized spacial score (nSPS) is 20.9. The molecule has 1 fully saturated rings. The van der Waals surface area contributed by atoms with Gasteiger partial charge in [-0.25, -0.2) is 4.98 Å². The number of aromatic nitrogens is 2. The molecule has 0 aromatic carbocycles. The summed E-state index contributed by atoms with van der Waals surface area (Å²) in [6.45, 7) is 7.40. The minimum Gasteiger partial charge on any atom is -0.475 e. The van der Waals surface area contributed by atoms with Crippen LogP contribution in [0.25, 0.3) is 0 Å². The second kappa shape index (κ2) is 6.16. The number of piperazine rings is 1. The summed E-state index contributed by atoms with van der Waals surface area (Å²) >= 11 is 0. The first-order valence-electron chi connectivity index (χ1n) is 6.75. The highest BCUT2D eigenvalue weighted by Crippen LogP contribution is 2.18. The Hall–Kier alpha value is -1.40. The van der Waals surface area contributed by atoms with Crippen LogP contribution in [0.1, 0.15) is 13.8 Å². The minimum atomic E-state index is 0.112. The molecule has 1 saturated heterocycles. The Balaban J connectivity index is 2.15. The summed E-state index contributed by atoms with van der Waals surface area (Å²) in [6.07, 6.45) is 1.85. The van der Waals surface area contributed by atoms with E-state index in [4.69, 9.17) is 10.5 Å². The van der Waals surface area contributed by atoms with Gasteiger partial charge in [0.2, 0.25) is 11.8 Å². The molecular weight excluding hydrogens is 242 g/mol. The van der Waals surface area contributed by atoms with Crippen molar-refractivity contribution in [1.29, 1.82) is 0 Å². The van der Waals surface area contributed by atoms with E-state index in [2.05, 4.69) is 26.8 Å². The van der Waals surface area contributed by atoms with E-state index in [9.17, 15) is 0 Å². The topological polar surface area (TPSA) is 67.5 Å². The van der Waals surface area contributed by atoms with Crippen molar-refractivity contribution in [3.63, 3.8) is 0 Å². The van der Waals surface area contributed by atoms with Gasteiger partial charge in [-0.15, -0.1) is 0 Å². The summed E-state index contributed by atoms with van der Waals surface area (Å²) in [5.74, 6) is 1.33. The number of nitrogens with zero attached hydrogens (tertiary/aromatic N) is 4. The van der Waals surface area contributed by atoms with Crippen LogP contribution in [0, 0.1) is 0 Å². The second-order valence-corrected chi connectivity index (χ2v) is 5.21. The average Bonchev–Trinajstić information content (AvgIpc) is 2.38. The summed E-state index contributed by atoms with van der Waals surface area (Å²) in [6, 6.07) is 2.05. The molecule has 1 aliphatic heterocycles. The smallest absolute Gasteiger partial charge is 0.228 e. The van der Waals surface area contributed by atoms with E-state index in [1.54, 1.807) is 12.3 Å². The second-order valence-electron chi connectivity index (χ2n) is 5.21. The van der Waals surface area contributed by atoms with Crippen LogP contribution in [0.2, 0.25) is 0 Å². The van der Waals surface area contributed by atoms with Gasteiger partial charge in [-0.05, 0) is 20.9 Å². The maximum atomic E-state index is 5.86. The molecule has 1 aromatic rings. The molecule has 6 heteroatoms. The van der Waals surface area contributed by atoms with Crippen molar-refractivity contribution in [2.45, 2.75) is 26.0 Å². The van der Waals surface area contributed by atoms with Gasteiger partial charge in [0.1, 0.15) is 0 Å². The van der Waals surface area contributed by atoms with Crippen molar-refractivity contribution < 1.29 is 4.74 Å². The molecule has 106 valence electrons. The van der Waals surface area contributed by atoms with Gasteiger partial charge in [0, 0.05) is 38.4 Å². The lowest BCUT2D eigenvalue weighted by Gasteiger charge is -2.39. The lowest BCUT2D eigenvalue weighted by Crippen LogP contribution is -2.55. The number of ether oxygens (including phenoxy) is 1. The molecular formula is C13H23N5O. The number of nitrogens with two attached hydrogens (primary N) is 1. The van der Waals surface area contributed by atoms with Crippen LogP contribution >= 0.6 is 0 Å². The predicted molar refractivity (Wildman–Crippen MR) is 75.5 cm³/mol. The zero-order valence-corrected chi connectivity index (χ0v) is 11.9. The van der Waals surface area contributed by atoms with E-state index in [0.29, 0.717) is 18.4 Å². The van der Waals surface area contributed by atoms with Crippen LogP contribution in [-0.2, 0) is 0 Å². The lowest BCUT2D eigenvalue weighted by atomic mass is 10.2. The fraction of sp³-hybridized carbons (Fsp3) is 0.692. The lowest BCUT2D eigenvalue weighted by molar-refractivity contribution is 0.231. The zero-order valence-electron chi connectivity index (χ0n) is 11.9. The van der Waals surface area contributed by atoms with E-state index in [-0.39, 0.29) is 12.1 Å². The van der Waals surface area contributed by atoms with Crippen LogP contribution in [0.5, 0.6) is 5.88 Å². The number of likely N-dealkylation sites (N-methyl/N-ethyl adjacent to an activating group) is 1. The zero-order chi connectivity index (χ0) is 13.8. The molecule has 19 heavy (non-hydrogen) atoms. The Bertz CT molecular complexity index is 412. The standard InChI is InChI=1S/C13H23N5O/c1-10(2)19-12-4-5-15-13(16-12)18-7-6-17(3)9-11(18)8-14/h4-5,10-11H,6-9,14H2,1-3H3. The summed E-state index contributed by atoms with van der Waals surface area (Å²) < 4.78 is 5.62. The van der Waals surface area contributed by atoms with Crippen LogP contribution in [-0.4, -0.2) is 60.2 Å². The molecule has 1 atom stereocenters. The quantitative estimate of drug-likeness (QED) is 0.847. The third kappa shape index (κ3) is 3.54. The molecule has 0 spiro atoms. The van der Waals surface area contributed by atoms with E-state index in [0.717, 1.165) is 19.6 Å². The first-order chi connectivity index (χ1) is 9.10. The molecule has 0 radical (unpaired) electrons. The van der Waals surface area contributed by atoms with Crippen LogP contribution < -0.4 is 15.4 Å². The van der Waals surface area contributed by atoms with Crippen LogP contribution in [0.3, 0.4) is 0 Å². The van der Waals surface area contributed by atoms with Crippen molar-refractivity contribution in [2.75, 3.05) is 38.1 Å². The van der Waals surface area contributed by atoms with Gasteiger partial charge in [0.25, 0.3) is 0 Å². The van der Waals surface area contributed by atoms with Crippen molar-refractivity contribution >= 4 is 5.95 Å². The first-order valence-corrected chi connectivity index (χ1v) is 6.75. The number of hydrogen-bond donors (Lipinski definition) is 1. The van der Waals surface area contributed by atoms with E-state index in [1.165, 1.54) is 0 Å². The van der Waals surface area contributed by atoms with Crippen LogP contribution in [0.15, 0.2) is 12.3 Å². The largest absolute Gasteiger partial charge is 0.475 e. The summed E-state index contributed by atoms with van der Waals surface area (Å²) in [5, 5.41) is 0. The molecule has 0 bridgehead atoms. The fourth-order valence-corrected chi connectivity index (χ4v) is 2.25. The predicted octanol–water partition coefficient (Wildman–Crippen LogP) is 0.343. The summed E-state index contributed by atoms with van der Waals surface area (Å²) in [4.78, 5) is 13.3. The van der Waals surface area contributed by atoms with Crippen molar-refractivity contribution in [3.05, 3.63) is 12.3 Å². The van der Waals surface area contributed by atoms with E-state index >= 15 is 0 Å². The Morgan fingerprint density at radius 2 is 2.26 bits per heavy atom. The van der Waals surface area contributed by atoms with Gasteiger partial charge >= 0.3 is 0 Å². The SMILES string of the molecule is CC(C)Oc1ccnc(N2CCN(C)CC2CN)n1. The first kappa shape index (κ1) is 14.0. The van der Waals surface area contributed by atoms with Crippen LogP contribution in [0.4, 0.5) is 5.95 Å². The third-order valence-corrected chi connectivity index (χ3v) is 3.19. The van der Waals surface area contributed by atoms with Crippen molar-refractivity contribution in [2.24, 2.45) is 5.73 Å². The van der Waals surface area contributed by atoms with Gasteiger partial charge in [0.15, 0.2) is 0 Å². The molecule has 1 aromatic heterocycles. The van der Waals surface area contributed by atoms with Crippen molar-refractivity contribution in [3.8, 4) is 5.88 Å². The monoisotopic (exact) mass is 265 g/mol. The molecule has 0 saturated carbocycles. The maximum Gasteiger partial charge on any atom is 0.228 e. The van der Waals surface area contributed by atoms with E-state index < -0.39 is 0 Å². The number of hydrogen-bond acceptors (Lipinski definition) is 6. The molecule has 1 aliphatic rings. The minimum absolute atomic E-state index is 0.112. The molecule has 1 unspecified atom stereocenters. The average molecular weight is 265 g/mol.